The van der Waals surface area contributed by atoms with Gasteiger partial charge in [-0.25, -0.2) is 0 Å². The van der Waals surface area contributed by atoms with E-state index < -0.39 is 0 Å². The molecule has 0 saturated carbocycles. The van der Waals surface area contributed by atoms with Crippen molar-refractivity contribution in [2.75, 3.05) is 33.0 Å². The molecule has 0 heterocycles. The zero-order valence-electron chi connectivity index (χ0n) is 11.0. The minimum Gasteiger partial charge on any atom is -0.491 e. The molecule has 0 aliphatic heterocycles. The summed E-state index contributed by atoms with van der Waals surface area (Å²) in [5, 5.41) is 12.0. The summed E-state index contributed by atoms with van der Waals surface area (Å²) >= 11 is 0. The second-order valence-corrected chi connectivity index (χ2v) is 3.91. The first-order chi connectivity index (χ1) is 8.88. The van der Waals surface area contributed by atoms with Gasteiger partial charge in [0.1, 0.15) is 12.4 Å². The third kappa shape index (κ3) is 6.00. The molecule has 0 radical (unpaired) electrons. The number of rotatable bonds is 10. The van der Waals surface area contributed by atoms with E-state index >= 15 is 0 Å². The molecule has 102 valence electrons. The van der Waals surface area contributed by atoms with Crippen LogP contribution in [0.15, 0.2) is 24.3 Å². The highest BCUT2D eigenvalue weighted by atomic mass is 16.5. The molecule has 0 fully saturated rings. The Morgan fingerprint density at radius 1 is 1.22 bits per heavy atom. The zero-order valence-corrected chi connectivity index (χ0v) is 11.0. The van der Waals surface area contributed by atoms with Crippen LogP contribution in [-0.4, -0.2) is 38.1 Å². The molecule has 1 rings (SSSR count). The van der Waals surface area contributed by atoms with E-state index in [1.54, 1.807) is 0 Å². The van der Waals surface area contributed by atoms with Crippen LogP contribution in [0.25, 0.3) is 0 Å². The highest BCUT2D eigenvalue weighted by molar-refractivity contribution is 5.33. The molecule has 1 aromatic rings. The van der Waals surface area contributed by atoms with Gasteiger partial charge in [-0.15, -0.1) is 0 Å². The zero-order chi connectivity index (χ0) is 13.1. The van der Waals surface area contributed by atoms with Gasteiger partial charge in [-0.2, -0.15) is 0 Å². The molecule has 18 heavy (non-hydrogen) atoms. The lowest BCUT2D eigenvalue weighted by Gasteiger charge is -2.12. The number of aliphatic hydroxyl groups excluding tert-OH is 1. The molecular formula is C14H23NO3. The first-order valence-electron chi connectivity index (χ1n) is 6.48. The van der Waals surface area contributed by atoms with E-state index in [0.717, 1.165) is 30.8 Å². The second-order valence-electron chi connectivity index (χ2n) is 3.91. The van der Waals surface area contributed by atoms with E-state index in [4.69, 9.17) is 14.6 Å². The van der Waals surface area contributed by atoms with Gasteiger partial charge < -0.3 is 19.9 Å². The Morgan fingerprint density at radius 3 is 2.83 bits per heavy atom. The number of nitrogens with one attached hydrogen (secondary N) is 1. The van der Waals surface area contributed by atoms with Crippen molar-refractivity contribution in [3.05, 3.63) is 29.8 Å². The average molecular weight is 253 g/mol. The third-order valence-electron chi connectivity index (χ3n) is 2.49. The number of hydrogen-bond donors (Lipinski definition) is 2. The van der Waals surface area contributed by atoms with E-state index in [1.165, 1.54) is 0 Å². The van der Waals surface area contributed by atoms with Crippen LogP contribution < -0.4 is 10.1 Å². The number of aliphatic hydroxyl groups is 1. The number of benzene rings is 1. The van der Waals surface area contributed by atoms with Crippen LogP contribution in [0.1, 0.15) is 18.9 Å². The lowest BCUT2D eigenvalue weighted by Crippen LogP contribution is -2.17. The summed E-state index contributed by atoms with van der Waals surface area (Å²) in [4.78, 5) is 0. The first kappa shape index (κ1) is 15.0. The van der Waals surface area contributed by atoms with Crippen molar-refractivity contribution in [2.45, 2.75) is 19.9 Å². The Balaban J connectivity index is 2.36. The summed E-state index contributed by atoms with van der Waals surface area (Å²) in [7, 11) is 0. The SMILES string of the molecule is CCOCCOc1ccccc1CNCCCO. The van der Waals surface area contributed by atoms with Crippen molar-refractivity contribution in [1.82, 2.24) is 5.32 Å². The van der Waals surface area contributed by atoms with Gasteiger partial charge in [0.05, 0.1) is 6.61 Å². The molecule has 0 saturated heterocycles. The Hall–Kier alpha value is -1.10. The number of para-hydroxylation sites is 1. The van der Waals surface area contributed by atoms with Gasteiger partial charge in [-0.3, -0.25) is 0 Å². The normalized spacial score (nSPS) is 10.6. The third-order valence-corrected chi connectivity index (χ3v) is 2.49. The quantitative estimate of drug-likeness (QED) is 0.622. The molecule has 0 spiro atoms. The molecule has 0 aliphatic carbocycles. The van der Waals surface area contributed by atoms with Crippen LogP contribution in [0, 0.1) is 0 Å². The van der Waals surface area contributed by atoms with Gasteiger partial charge in [-0.05, 0) is 26.0 Å². The first-order valence-corrected chi connectivity index (χ1v) is 6.48. The van der Waals surface area contributed by atoms with E-state index in [2.05, 4.69) is 5.32 Å². The second kappa shape index (κ2) is 9.88. The van der Waals surface area contributed by atoms with Gasteiger partial charge in [0.25, 0.3) is 0 Å². The van der Waals surface area contributed by atoms with Gasteiger partial charge >= 0.3 is 0 Å². The molecule has 0 bridgehead atoms. The maximum absolute atomic E-state index is 8.71. The van der Waals surface area contributed by atoms with Crippen molar-refractivity contribution < 1.29 is 14.6 Å². The summed E-state index contributed by atoms with van der Waals surface area (Å²) < 4.78 is 10.9. The molecule has 1 aromatic carbocycles. The number of hydrogen-bond acceptors (Lipinski definition) is 4. The monoisotopic (exact) mass is 253 g/mol. The topological polar surface area (TPSA) is 50.7 Å². The Morgan fingerprint density at radius 2 is 2.06 bits per heavy atom. The van der Waals surface area contributed by atoms with Crippen LogP contribution in [0.4, 0.5) is 0 Å². The fraction of sp³-hybridized carbons (Fsp3) is 0.571. The van der Waals surface area contributed by atoms with Gasteiger partial charge in [0.2, 0.25) is 0 Å². The van der Waals surface area contributed by atoms with Crippen molar-refractivity contribution in [3.8, 4) is 5.75 Å². The van der Waals surface area contributed by atoms with Crippen LogP contribution >= 0.6 is 0 Å². The highest BCUT2D eigenvalue weighted by Gasteiger charge is 2.02. The van der Waals surface area contributed by atoms with Gasteiger partial charge in [-0.1, -0.05) is 18.2 Å². The van der Waals surface area contributed by atoms with Crippen molar-refractivity contribution in [3.63, 3.8) is 0 Å². The summed E-state index contributed by atoms with van der Waals surface area (Å²) in [5.74, 6) is 0.897. The van der Waals surface area contributed by atoms with Crippen molar-refractivity contribution in [2.24, 2.45) is 0 Å². The summed E-state index contributed by atoms with van der Waals surface area (Å²) in [6.07, 6.45) is 0.771. The molecule has 0 atom stereocenters. The molecule has 2 N–H and O–H groups in total. The molecule has 4 heteroatoms. The highest BCUT2D eigenvalue weighted by Crippen LogP contribution is 2.17. The Kier molecular flexibility index (Phi) is 8.21. The van der Waals surface area contributed by atoms with Crippen molar-refractivity contribution >= 4 is 0 Å². The lowest BCUT2D eigenvalue weighted by atomic mass is 10.2. The van der Waals surface area contributed by atoms with E-state index in [1.807, 2.05) is 31.2 Å². The molecular weight excluding hydrogens is 230 g/mol. The van der Waals surface area contributed by atoms with E-state index in [9.17, 15) is 0 Å². The van der Waals surface area contributed by atoms with E-state index in [-0.39, 0.29) is 6.61 Å². The summed E-state index contributed by atoms with van der Waals surface area (Å²) in [6.45, 7) is 5.66. The number of ether oxygens (including phenoxy) is 2. The summed E-state index contributed by atoms with van der Waals surface area (Å²) in [5.41, 5.74) is 1.13. The van der Waals surface area contributed by atoms with Crippen LogP contribution in [-0.2, 0) is 11.3 Å². The predicted octanol–water partition coefficient (Wildman–Crippen LogP) is 1.57. The molecule has 4 nitrogen and oxygen atoms in total. The smallest absolute Gasteiger partial charge is 0.123 e. The van der Waals surface area contributed by atoms with Crippen LogP contribution in [0.2, 0.25) is 0 Å². The minimum atomic E-state index is 0.222. The van der Waals surface area contributed by atoms with Crippen LogP contribution in [0.5, 0.6) is 5.75 Å². The van der Waals surface area contributed by atoms with E-state index in [0.29, 0.717) is 19.8 Å². The minimum absolute atomic E-state index is 0.222. The van der Waals surface area contributed by atoms with Gasteiger partial charge in [0.15, 0.2) is 0 Å². The molecule has 0 aliphatic rings. The maximum atomic E-state index is 8.71. The lowest BCUT2D eigenvalue weighted by molar-refractivity contribution is 0.110. The standard InChI is InChI=1S/C14H23NO3/c1-2-17-10-11-18-14-7-4-3-6-13(14)12-15-8-5-9-16/h3-4,6-7,15-16H,2,5,8-12H2,1H3. The Bertz CT molecular complexity index is 287. The Labute approximate surface area is 109 Å². The predicted molar refractivity (Wildman–Crippen MR) is 71.8 cm³/mol. The largest absolute Gasteiger partial charge is 0.491 e. The van der Waals surface area contributed by atoms with Crippen molar-refractivity contribution in [1.29, 1.82) is 0 Å². The van der Waals surface area contributed by atoms with Crippen LogP contribution in [0.3, 0.4) is 0 Å². The maximum Gasteiger partial charge on any atom is 0.123 e. The fourth-order valence-electron chi connectivity index (χ4n) is 1.57. The summed E-state index contributed by atoms with van der Waals surface area (Å²) in [6, 6.07) is 7.97. The molecule has 0 aromatic heterocycles. The average Bonchev–Trinajstić information content (AvgIpc) is 2.41. The van der Waals surface area contributed by atoms with Gasteiger partial charge in [0, 0.05) is 25.3 Å². The molecule has 0 unspecified atom stereocenters. The fourth-order valence-corrected chi connectivity index (χ4v) is 1.57. The molecule has 0 amide bonds.